The maximum Gasteiger partial charge on any atom is 0.244 e. The van der Waals surface area contributed by atoms with Gasteiger partial charge in [0.05, 0.1) is 0 Å². The Morgan fingerprint density at radius 1 is 1.53 bits per heavy atom. The SMILES string of the molecule is CC(=O)N/N=C(\N)[C@@]1(C#N)O[C@@H]1c1ccc(C)cc1. The predicted molar refractivity (Wildman–Crippen MR) is 68.8 cm³/mol. The average molecular weight is 258 g/mol. The highest BCUT2D eigenvalue weighted by atomic mass is 16.6. The summed E-state index contributed by atoms with van der Waals surface area (Å²) in [6.07, 6.45) is -0.449. The summed E-state index contributed by atoms with van der Waals surface area (Å²) >= 11 is 0. The van der Waals surface area contributed by atoms with E-state index in [0.29, 0.717) is 0 Å². The molecule has 1 amide bonds. The van der Waals surface area contributed by atoms with Gasteiger partial charge in [0.15, 0.2) is 5.84 Å². The summed E-state index contributed by atoms with van der Waals surface area (Å²) in [5, 5.41) is 12.9. The topological polar surface area (TPSA) is 104 Å². The molecule has 6 heteroatoms. The Morgan fingerprint density at radius 2 is 2.16 bits per heavy atom. The van der Waals surface area contributed by atoms with Crippen LogP contribution < -0.4 is 11.2 Å². The molecule has 0 aliphatic carbocycles. The number of nitrogens with one attached hydrogen (secondary N) is 1. The van der Waals surface area contributed by atoms with Crippen LogP contribution in [0.1, 0.15) is 24.2 Å². The molecule has 2 atom stereocenters. The number of amides is 1. The zero-order valence-electron chi connectivity index (χ0n) is 10.7. The Kier molecular flexibility index (Phi) is 3.23. The van der Waals surface area contributed by atoms with Gasteiger partial charge in [0.2, 0.25) is 11.5 Å². The molecular formula is C13H14N4O2. The third-order valence-corrected chi connectivity index (χ3v) is 2.88. The van der Waals surface area contributed by atoms with E-state index in [9.17, 15) is 10.1 Å². The lowest BCUT2D eigenvalue weighted by molar-refractivity contribution is -0.118. The molecule has 0 radical (unpaired) electrons. The number of hydrogen-bond donors (Lipinski definition) is 2. The van der Waals surface area contributed by atoms with Crippen molar-refractivity contribution in [3.05, 3.63) is 35.4 Å². The van der Waals surface area contributed by atoms with Crippen molar-refractivity contribution in [1.82, 2.24) is 5.43 Å². The second kappa shape index (κ2) is 4.71. The number of carbonyl (C=O) groups excluding carboxylic acids is 1. The molecule has 0 saturated carbocycles. The summed E-state index contributed by atoms with van der Waals surface area (Å²) in [7, 11) is 0. The molecule has 3 N–H and O–H groups in total. The number of aryl methyl sites for hydroxylation is 1. The van der Waals surface area contributed by atoms with Gasteiger partial charge in [-0.15, -0.1) is 0 Å². The van der Waals surface area contributed by atoms with Gasteiger partial charge in [-0.1, -0.05) is 29.8 Å². The van der Waals surface area contributed by atoms with E-state index in [-0.39, 0.29) is 11.7 Å². The molecular weight excluding hydrogens is 244 g/mol. The smallest absolute Gasteiger partial charge is 0.244 e. The third kappa shape index (κ3) is 2.41. The molecule has 1 fully saturated rings. The maximum atomic E-state index is 10.8. The molecule has 1 saturated heterocycles. The van der Waals surface area contributed by atoms with E-state index in [4.69, 9.17) is 10.5 Å². The van der Waals surface area contributed by atoms with E-state index in [1.54, 1.807) is 0 Å². The van der Waals surface area contributed by atoms with Crippen LogP contribution >= 0.6 is 0 Å². The largest absolute Gasteiger partial charge is 0.382 e. The summed E-state index contributed by atoms with van der Waals surface area (Å²) in [6, 6.07) is 9.63. The normalized spacial score (nSPS) is 25.5. The maximum absolute atomic E-state index is 10.8. The fraction of sp³-hybridized carbons (Fsp3) is 0.308. The standard InChI is InChI=1S/C13H14N4O2/c1-8-3-5-10(6-4-8)11-13(7-14,19-11)12(15)17-16-9(2)18/h3-6,11H,1-2H3,(H2,15,17)(H,16,18)/t11-,13+/m1/s1. The zero-order valence-corrected chi connectivity index (χ0v) is 10.7. The minimum atomic E-state index is -1.28. The summed E-state index contributed by atoms with van der Waals surface area (Å²) < 4.78 is 5.41. The number of nitrogens with two attached hydrogens (primary N) is 1. The molecule has 1 aromatic rings. The highest BCUT2D eigenvalue weighted by Gasteiger charge is 2.62. The van der Waals surface area contributed by atoms with Gasteiger partial charge < -0.3 is 10.5 Å². The molecule has 1 aliphatic heterocycles. The van der Waals surface area contributed by atoms with Crippen molar-refractivity contribution in [2.75, 3.05) is 0 Å². The first-order chi connectivity index (χ1) is 8.99. The first kappa shape index (κ1) is 13.1. The van der Waals surface area contributed by atoms with E-state index in [0.717, 1.165) is 11.1 Å². The summed E-state index contributed by atoms with van der Waals surface area (Å²) in [6.45, 7) is 3.28. The van der Waals surface area contributed by atoms with Crippen LogP contribution in [-0.2, 0) is 9.53 Å². The van der Waals surface area contributed by atoms with Crippen LogP contribution in [-0.4, -0.2) is 17.3 Å². The van der Waals surface area contributed by atoms with Crippen LogP contribution in [0.5, 0.6) is 0 Å². The highest BCUT2D eigenvalue weighted by molar-refractivity contribution is 5.96. The Labute approximate surface area is 110 Å². The summed E-state index contributed by atoms with van der Waals surface area (Å²) in [5.74, 6) is -0.403. The number of nitrogens with zero attached hydrogens (tertiary/aromatic N) is 2. The molecule has 98 valence electrons. The predicted octanol–water partition coefficient (Wildman–Crippen LogP) is 0.737. The van der Waals surface area contributed by atoms with Gasteiger partial charge in [0.25, 0.3) is 0 Å². The fourth-order valence-corrected chi connectivity index (χ4v) is 1.75. The summed E-state index contributed by atoms with van der Waals surface area (Å²) in [4.78, 5) is 10.8. The Bertz CT molecular complexity index is 573. The van der Waals surface area contributed by atoms with Crippen LogP contribution in [0.3, 0.4) is 0 Å². The first-order valence-corrected chi connectivity index (χ1v) is 5.75. The molecule has 1 aromatic carbocycles. The van der Waals surface area contributed by atoms with E-state index in [1.165, 1.54) is 6.92 Å². The molecule has 1 heterocycles. The second-order valence-electron chi connectivity index (χ2n) is 4.42. The Morgan fingerprint density at radius 3 is 2.68 bits per heavy atom. The van der Waals surface area contributed by atoms with Gasteiger partial charge in [-0.2, -0.15) is 10.4 Å². The molecule has 2 rings (SSSR count). The van der Waals surface area contributed by atoms with Crippen LogP contribution in [0.4, 0.5) is 0 Å². The van der Waals surface area contributed by atoms with Gasteiger partial charge in [-0.05, 0) is 12.5 Å². The van der Waals surface area contributed by atoms with E-state index >= 15 is 0 Å². The number of nitriles is 1. The zero-order chi connectivity index (χ0) is 14.0. The third-order valence-electron chi connectivity index (χ3n) is 2.88. The van der Waals surface area contributed by atoms with Gasteiger partial charge >= 0.3 is 0 Å². The number of hydrazone groups is 1. The highest BCUT2D eigenvalue weighted by Crippen LogP contribution is 2.49. The van der Waals surface area contributed by atoms with Gasteiger partial charge in [0.1, 0.15) is 12.2 Å². The first-order valence-electron chi connectivity index (χ1n) is 5.75. The minimum absolute atomic E-state index is 0.0456. The van der Waals surface area contributed by atoms with Gasteiger partial charge in [-0.3, -0.25) is 4.79 Å². The molecule has 0 unspecified atom stereocenters. The quantitative estimate of drug-likeness (QED) is 0.361. The van der Waals surface area contributed by atoms with Crippen molar-refractivity contribution >= 4 is 11.7 Å². The van der Waals surface area contributed by atoms with E-state index < -0.39 is 11.7 Å². The Hall–Kier alpha value is -2.39. The van der Waals surface area contributed by atoms with Crippen molar-refractivity contribution in [1.29, 1.82) is 5.26 Å². The number of carbonyl (C=O) groups is 1. The molecule has 0 bridgehead atoms. The van der Waals surface area contributed by atoms with Crippen LogP contribution in [0.25, 0.3) is 0 Å². The molecule has 0 aromatic heterocycles. The van der Waals surface area contributed by atoms with Crippen LogP contribution in [0.15, 0.2) is 29.4 Å². The van der Waals surface area contributed by atoms with E-state index in [2.05, 4.69) is 10.5 Å². The number of rotatable bonds is 3. The fourth-order valence-electron chi connectivity index (χ4n) is 1.75. The van der Waals surface area contributed by atoms with Crippen molar-refractivity contribution in [2.45, 2.75) is 25.6 Å². The lowest BCUT2D eigenvalue weighted by Crippen LogP contribution is -2.34. The lowest BCUT2D eigenvalue weighted by atomic mass is 9.99. The average Bonchev–Trinajstić information content (AvgIpc) is 3.13. The number of epoxide rings is 1. The van der Waals surface area contributed by atoms with Gasteiger partial charge in [0, 0.05) is 6.92 Å². The molecule has 6 nitrogen and oxygen atoms in total. The molecule has 0 spiro atoms. The molecule has 19 heavy (non-hydrogen) atoms. The minimum Gasteiger partial charge on any atom is -0.382 e. The van der Waals surface area contributed by atoms with Crippen LogP contribution in [0.2, 0.25) is 0 Å². The second-order valence-corrected chi connectivity index (χ2v) is 4.42. The Balaban J connectivity index is 2.20. The van der Waals surface area contributed by atoms with Crippen molar-refractivity contribution < 1.29 is 9.53 Å². The van der Waals surface area contributed by atoms with Crippen molar-refractivity contribution in [3.63, 3.8) is 0 Å². The van der Waals surface area contributed by atoms with E-state index in [1.807, 2.05) is 37.3 Å². The number of hydrogen-bond acceptors (Lipinski definition) is 4. The summed E-state index contributed by atoms with van der Waals surface area (Å²) in [5.41, 5.74) is 8.61. The monoisotopic (exact) mass is 258 g/mol. The number of amidine groups is 1. The molecule has 1 aliphatic rings. The van der Waals surface area contributed by atoms with Gasteiger partial charge in [-0.25, -0.2) is 5.43 Å². The van der Waals surface area contributed by atoms with Crippen molar-refractivity contribution in [3.8, 4) is 6.07 Å². The number of ether oxygens (including phenoxy) is 1. The van der Waals surface area contributed by atoms with Crippen molar-refractivity contribution in [2.24, 2.45) is 10.8 Å². The van der Waals surface area contributed by atoms with Crippen LogP contribution in [0, 0.1) is 18.3 Å². The number of benzene rings is 1. The lowest BCUT2D eigenvalue weighted by Gasteiger charge is -2.03.